The summed E-state index contributed by atoms with van der Waals surface area (Å²) in [5, 5.41) is 12.0. The lowest BCUT2D eigenvalue weighted by molar-refractivity contribution is -0.122. The van der Waals surface area contributed by atoms with Crippen LogP contribution in [0, 0.1) is 0 Å². The first-order valence-corrected chi connectivity index (χ1v) is 8.15. The van der Waals surface area contributed by atoms with E-state index < -0.39 is 16.8 Å². The maximum absolute atomic E-state index is 11.8. The topological polar surface area (TPSA) is 92.4 Å². The quantitative estimate of drug-likeness (QED) is 0.685. The number of hydrogen-bond acceptors (Lipinski definition) is 4. The number of benzene rings is 1. The minimum atomic E-state index is -0.876. The van der Waals surface area contributed by atoms with Gasteiger partial charge in [-0.05, 0) is 30.5 Å². The Morgan fingerprint density at radius 1 is 1.40 bits per heavy atom. The lowest BCUT2D eigenvalue weighted by Crippen LogP contribution is -2.42. The molecule has 0 fully saturated rings. The molecule has 20 heavy (non-hydrogen) atoms. The van der Waals surface area contributed by atoms with E-state index in [-0.39, 0.29) is 16.9 Å². The highest BCUT2D eigenvalue weighted by Gasteiger charge is 2.14. The van der Waals surface area contributed by atoms with Crippen LogP contribution in [0.4, 0.5) is 0 Å². The van der Waals surface area contributed by atoms with E-state index in [4.69, 9.17) is 5.73 Å². The molecule has 0 heterocycles. The molecule has 0 aliphatic rings. The van der Waals surface area contributed by atoms with Crippen molar-refractivity contribution in [3.05, 3.63) is 29.8 Å². The number of aromatic hydroxyl groups is 1. The SMILES string of the molecule is CC(CCNC(=O)C(N)Cc1ccc(O)cc1)S(C)=O. The first kappa shape index (κ1) is 16.7. The van der Waals surface area contributed by atoms with E-state index in [1.54, 1.807) is 30.5 Å². The Bertz CT molecular complexity index is 462. The lowest BCUT2D eigenvalue weighted by Gasteiger charge is -2.14. The van der Waals surface area contributed by atoms with E-state index in [0.717, 1.165) is 5.56 Å². The van der Waals surface area contributed by atoms with Crippen molar-refractivity contribution in [2.24, 2.45) is 5.73 Å². The van der Waals surface area contributed by atoms with Gasteiger partial charge in [-0.3, -0.25) is 9.00 Å². The first-order chi connectivity index (χ1) is 9.40. The van der Waals surface area contributed by atoms with Crippen molar-refractivity contribution in [3.8, 4) is 5.75 Å². The highest BCUT2D eigenvalue weighted by atomic mass is 32.2. The average molecular weight is 298 g/mol. The van der Waals surface area contributed by atoms with Crippen LogP contribution in [0.15, 0.2) is 24.3 Å². The number of phenolic OH excluding ortho intramolecular Hbond substituents is 1. The van der Waals surface area contributed by atoms with Crippen molar-refractivity contribution in [2.45, 2.75) is 31.1 Å². The number of carbonyl (C=O) groups excluding carboxylic acids is 1. The zero-order valence-corrected chi connectivity index (χ0v) is 12.7. The number of nitrogens with two attached hydrogens (primary N) is 1. The zero-order chi connectivity index (χ0) is 15.1. The molecule has 5 nitrogen and oxygen atoms in total. The average Bonchev–Trinajstić information content (AvgIpc) is 2.40. The molecule has 1 amide bonds. The minimum Gasteiger partial charge on any atom is -0.508 e. The van der Waals surface area contributed by atoms with Crippen molar-refractivity contribution in [1.29, 1.82) is 0 Å². The number of hydrogen-bond donors (Lipinski definition) is 3. The highest BCUT2D eigenvalue weighted by molar-refractivity contribution is 7.84. The van der Waals surface area contributed by atoms with Gasteiger partial charge in [0.25, 0.3) is 0 Å². The third-order valence-electron chi connectivity index (χ3n) is 3.15. The summed E-state index contributed by atoms with van der Waals surface area (Å²) in [7, 11) is -0.876. The summed E-state index contributed by atoms with van der Waals surface area (Å²) in [6, 6.07) is 5.99. The molecule has 1 aromatic rings. The van der Waals surface area contributed by atoms with E-state index >= 15 is 0 Å². The molecule has 0 aliphatic carbocycles. The summed E-state index contributed by atoms with van der Waals surface area (Å²) < 4.78 is 11.2. The van der Waals surface area contributed by atoms with Crippen LogP contribution in [0.2, 0.25) is 0 Å². The van der Waals surface area contributed by atoms with Crippen LogP contribution in [-0.2, 0) is 22.0 Å². The summed E-state index contributed by atoms with van der Waals surface area (Å²) in [5.74, 6) is -0.0273. The number of phenols is 1. The van der Waals surface area contributed by atoms with Crippen LogP contribution in [0.1, 0.15) is 18.9 Å². The van der Waals surface area contributed by atoms with Gasteiger partial charge in [-0.25, -0.2) is 0 Å². The van der Waals surface area contributed by atoms with Crippen LogP contribution in [0.3, 0.4) is 0 Å². The zero-order valence-electron chi connectivity index (χ0n) is 11.8. The second kappa shape index (κ2) is 8.01. The van der Waals surface area contributed by atoms with Crippen LogP contribution in [0.5, 0.6) is 5.75 Å². The molecular weight excluding hydrogens is 276 g/mol. The molecule has 1 rings (SSSR count). The van der Waals surface area contributed by atoms with Crippen molar-refractivity contribution in [2.75, 3.05) is 12.8 Å². The van der Waals surface area contributed by atoms with Crippen LogP contribution in [-0.4, -0.2) is 39.3 Å². The van der Waals surface area contributed by atoms with Crippen molar-refractivity contribution in [3.63, 3.8) is 0 Å². The molecule has 3 atom stereocenters. The predicted octanol–water partition coefficient (Wildman–Crippen LogP) is 0.535. The molecule has 3 unspecified atom stereocenters. The van der Waals surface area contributed by atoms with Gasteiger partial charge >= 0.3 is 0 Å². The molecule has 0 radical (unpaired) electrons. The molecular formula is C14H22N2O3S. The smallest absolute Gasteiger partial charge is 0.237 e. The number of amides is 1. The van der Waals surface area contributed by atoms with Gasteiger partial charge in [-0.2, -0.15) is 0 Å². The molecule has 0 bridgehead atoms. The standard InChI is InChI=1S/C14H22N2O3S/c1-10(20(2)19)7-8-16-14(18)13(15)9-11-3-5-12(17)6-4-11/h3-6,10,13,17H,7-9,15H2,1-2H3,(H,16,18). The van der Waals surface area contributed by atoms with Gasteiger partial charge in [0.2, 0.25) is 5.91 Å². The second-order valence-electron chi connectivity index (χ2n) is 4.87. The van der Waals surface area contributed by atoms with Crippen LogP contribution in [0.25, 0.3) is 0 Å². The molecule has 4 N–H and O–H groups in total. The lowest BCUT2D eigenvalue weighted by atomic mass is 10.1. The third kappa shape index (κ3) is 5.71. The van der Waals surface area contributed by atoms with Crippen LogP contribution >= 0.6 is 0 Å². The van der Waals surface area contributed by atoms with Gasteiger partial charge in [0.1, 0.15) is 5.75 Å². The molecule has 0 aliphatic heterocycles. The van der Waals surface area contributed by atoms with Gasteiger partial charge < -0.3 is 16.2 Å². The Labute approximate surface area is 122 Å². The van der Waals surface area contributed by atoms with E-state index in [1.807, 2.05) is 6.92 Å². The largest absolute Gasteiger partial charge is 0.508 e. The van der Waals surface area contributed by atoms with Gasteiger partial charge in [-0.15, -0.1) is 0 Å². The fourth-order valence-electron chi connectivity index (χ4n) is 1.67. The van der Waals surface area contributed by atoms with Gasteiger partial charge in [-0.1, -0.05) is 19.1 Å². The molecule has 0 saturated heterocycles. The third-order valence-corrected chi connectivity index (χ3v) is 4.51. The van der Waals surface area contributed by atoms with E-state index in [0.29, 0.717) is 19.4 Å². The van der Waals surface area contributed by atoms with Crippen molar-refractivity contribution < 1.29 is 14.1 Å². The van der Waals surface area contributed by atoms with Gasteiger partial charge in [0.15, 0.2) is 0 Å². The van der Waals surface area contributed by atoms with E-state index in [2.05, 4.69) is 5.32 Å². The summed E-state index contributed by atoms with van der Waals surface area (Å²) in [6.07, 6.45) is 2.74. The van der Waals surface area contributed by atoms with Crippen molar-refractivity contribution >= 4 is 16.7 Å². The van der Waals surface area contributed by atoms with Gasteiger partial charge in [0.05, 0.1) is 6.04 Å². The monoisotopic (exact) mass is 298 g/mol. The molecule has 112 valence electrons. The molecule has 0 saturated carbocycles. The molecule has 0 aromatic heterocycles. The number of nitrogens with one attached hydrogen (secondary N) is 1. The Morgan fingerprint density at radius 2 is 2.00 bits per heavy atom. The maximum Gasteiger partial charge on any atom is 0.237 e. The fraction of sp³-hybridized carbons (Fsp3) is 0.500. The maximum atomic E-state index is 11.8. The summed E-state index contributed by atoms with van der Waals surface area (Å²) in [5.41, 5.74) is 6.73. The van der Waals surface area contributed by atoms with Crippen molar-refractivity contribution in [1.82, 2.24) is 5.32 Å². The summed E-state index contributed by atoms with van der Waals surface area (Å²) in [6.45, 7) is 2.36. The molecule has 6 heteroatoms. The van der Waals surface area contributed by atoms with Crippen LogP contribution < -0.4 is 11.1 Å². The highest BCUT2D eigenvalue weighted by Crippen LogP contribution is 2.10. The second-order valence-corrected chi connectivity index (χ2v) is 6.67. The fourth-order valence-corrected chi connectivity index (χ4v) is 2.12. The molecule has 0 spiro atoms. The first-order valence-electron chi connectivity index (χ1n) is 6.53. The normalized spacial score (nSPS) is 15.3. The number of carbonyl (C=O) groups is 1. The van der Waals surface area contributed by atoms with Gasteiger partial charge in [0, 0.05) is 28.9 Å². The van der Waals surface area contributed by atoms with E-state index in [1.165, 1.54) is 0 Å². The Kier molecular flexibility index (Phi) is 6.67. The Morgan fingerprint density at radius 3 is 2.55 bits per heavy atom. The van der Waals surface area contributed by atoms with E-state index in [9.17, 15) is 14.1 Å². The summed E-state index contributed by atoms with van der Waals surface area (Å²) >= 11 is 0. The number of rotatable bonds is 7. The Balaban J connectivity index is 2.35. The Hall–Kier alpha value is -1.40. The predicted molar refractivity (Wildman–Crippen MR) is 80.9 cm³/mol. The minimum absolute atomic E-state index is 0.0589. The molecule has 1 aromatic carbocycles. The summed E-state index contributed by atoms with van der Waals surface area (Å²) in [4.78, 5) is 11.8.